The normalized spacial score (nSPS) is 20.1. The molecule has 3 atom stereocenters. The largest absolute Gasteiger partial charge is 0.356 e. The Bertz CT molecular complexity index is 1050. The number of carbonyl (C=O) groups excluding carboxylic acids is 3. The Morgan fingerprint density at radius 3 is 2.71 bits per heavy atom. The third-order valence-corrected chi connectivity index (χ3v) is 6.39. The Balaban J connectivity index is 1.43. The molecule has 2 aromatic rings. The van der Waals surface area contributed by atoms with Crippen LogP contribution in [0.4, 0.5) is 0 Å². The summed E-state index contributed by atoms with van der Waals surface area (Å²) in [5.74, 6) is -0.805. The molecule has 2 amide bonds. The zero-order chi connectivity index (χ0) is 22.0. The van der Waals surface area contributed by atoms with Gasteiger partial charge in [-0.3, -0.25) is 14.4 Å². The molecule has 2 aliphatic rings. The average molecular weight is 441 g/mol. The number of aromatic amines is 1. The second kappa shape index (κ2) is 9.11. The Kier molecular flexibility index (Phi) is 6.28. The van der Waals surface area contributed by atoms with Gasteiger partial charge in [-0.1, -0.05) is 30.5 Å². The first-order chi connectivity index (χ1) is 14.9. The van der Waals surface area contributed by atoms with Gasteiger partial charge in [0, 0.05) is 40.7 Å². The number of H-pyrrole nitrogens is 1. The summed E-state index contributed by atoms with van der Waals surface area (Å²) in [6.07, 6.45) is 3.79. The molecule has 3 N–H and O–H groups in total. The number of nitriles is 1. The van der Waals surface area contributed by atoms with Gasteiger partial charge in [0.05, 0.1) is 11.8 Å². The molecule has 0 spiro atoms. The van der Waals surface area contributed by atoms with Gasteiger partial charge in [0.1, 0.15) is 6.04 Å². The number of halogens is 1. The molecule has 1 aliphatic carbocycles. The van der Waals surface area contributed by atoms with E-state index in [2.05, 4.69) is 21.7 Å². The smallest absolute Gasteiger partial charge is 0.224 e. The van der Waals surface area contributed by atoms with Crippen LogP contribution < -0.4 is 10.6 Å². The van der Waals surface area contributed by atoms with Crippen molar-refractivity contribution in [3.63, 3.8) is 0 Å². The number of ketones is 1. The highest BCUT2D eigenvalue weighted by Gasteiger charge is 2.33. The molecule has 1 saturated heterocycles. The van der Waals surface area contributed by atoms with Crippen molar-refractivity contribution in [3.05, 3.63) is 35.0 Å². The number of benzene rings is 1. The van der Waals surface area contributed by atoms with Crippen molar-refractivity contribution in [3.8, 4) is 6.07 Å². The lowest BCUT2D eigenvalue weighted by molar-refractivity contribution is -0.127. The van der Waals surface area contributed by atoms with Crippen LogP contribution in [0.25, 0.3) is 10.9 Å². The number of Topliss-reactive ketones (excluding diaryl/α,β-unsaturated/α-hetero) is 1. The van der Waals surface area contributed by atoms with Gasteiger partial charge in [-0.05, 0) is 43.4 Å². The maximum Gasteiger partial charge on any atom is 0.224 e. The maximum absolute atomic E-state index is 13.0. The van der Waals surface area contributed by atoms with E-state index in [1.54, 1.807) is 18.2 Å². The van der Waals surface area contributed by atoms with Crippen molar-refractivity contribution in [1.29, 1.82) is 5.26 Å². The van der Waals surface area contributed by atoms with Crippen LogP contribution in [0.3, 0.4) is 0 Å². The van der Waals surface area contributed by atoms with E-state index in [9.17, 15) is 19.6 Å². The van der Waals surface area contributed by atoms with Crippen LogP contribution in [-0.4, -0.2) is 35.2 Å². The first-order valence-corrected chi connectivity index (χ1v) is 11.1. The monoisotopic (exact) mass is 440 g/mol. The topological polar surface area (TPSA) is 115 Å². The molecule has 31 heavy (non-hydrogen) atoms. The number of carbonyl (C=O) groups is 3. The zero-order valence-electron chi connectivity index (χ0n) is 17.1. The second-order valence-corrected chi connectivity index (χ2v) is 9.06. The van der Waals surface area contributed by atoms with Crippen molar-refractivity contribution in [2.75, 3.05) is 6.54 Å². The van der Waals surface area contributed by atoms with Gasteiger partial charge in [0.25, 0.3) is 0 Å². The summed E-state index contributed by atoms with van der Waals surface area (Å²) in [7, 11) is 0. The van der Waals surface area contributed by atoms with E-state index < -0.39 is 12.0 Å². The van der Waals surface area contributed by atoms with Crippen LogP contribution in [0, 0.1) is 29.1 Å². The lowest BCUT2D eigenvalue weighted by Crippen LogP contribution is -2.40. The van der Waals surface area contributed by atoms with E-state index in [4.69, 9.17) is 11.6 Å². The minimum absolute atomic E-state index is 0.0712. The molecule has 0 radical (unpaired) electrons. The molecule has 7 nitrogen and oxygen atoms in total. The molecule has 162 valence electrons. The molecule has 0 bridgehead atoms. The van der Waals surface area contributed by atoms with Gasteiger partial charge in [-0.2, -0.15) is 5.26 Å². The number of aromatic nitrogens is 1. The molecule has 1 aromatic heterocycles. The lowest BCUT2D eigenvalue weighted by Gasteiger charge is -2.19. The third-order valence-electron chi connectivity index (χ3n) is 6.16. The summed E-state index contributed by atoms with van der Waals surface area (Å²) in [5, 5.41) is 16.5. The standard InChI is InChI=1S/C23H25ClN4O3/c24-17-4-3-14-9-20(28-19(14)11-17)21(29)10-16(7-13-1-2-13)23(31)27-18(12-25)8-15-5-6-26-22(15)30/h3-4,9,11,13,15-16,18,28H,1-2,5-8,10H2,(H,26,30)(H,27,31)/t15-,16+,18-/m0/s1. The van der Waals surface area contributed by atoms with Crippen LogP contribution in [0.2, 0.25) is 5.02 Å². The van der Waals surface area contributed by atoms with Crippen LogP contribution in [-0.2, 0) is 9.59 Å². The maximum atomic E-state index is 13.0. The van der Waals surface area contributed by atoms with E-state index in [1.165, 1.54) is 0 Å². The fourth-order valence-electron chi connectivity index (χ4n) is 4.21. The first kappa shape index (κ1) is 21.4. The van der Waals surface area contributed by atoms with Crippen molar-refractivity contribution >= 4 is 40.1 Å². The van der Waals surface area contributed by atoms with E-state index >= 15 is 0 Å². The van der Waals surface area contributed by atoms with Crippen LogP contribution >= 0.6 is 11.6 Å². The summed E-state index contributed by atoms with van der Waals surface area (Å²) in [4.78, 5) is 40.8. The van der Waals surface area contributed by atoms with Crippen molar-refractivity contribution < 1.29 is 14.4 Å². The summed E-state index contributed by atoms with van der Waals surface area (Å²) >= 11 is 6.02. The van der Waals surface area contributed by atoms with E-state index in [1.807, 2.05) is 6.07 Å². The first-order valence-electron chi connectivity index (χ1n) is 10.7. The van der Waals surface area contributed by atoms with Crippen LogP contribution in [0.15, 0.2) is 24.3 Å². The molecule has 4 rings (SSSR count). The average Bonchev–Trinajstić information content (AvgIpc) is 3.32. The molecule has 1 aromatic carbocycles. The van der Waals surface area contributed by atoms with Crippen molar-refractivity contribution in [2.24, 2.45) is 17.8 Å². The zero-order valence-corrected chi connectivity index (χ0v) is 17.9. The van der Waals surface area contributed by atoms with Crippen molar-refractivity contribution in [1.82, 2.24) is 15.6 Å². The number of hydrogen-bond donors (Lipinski definition) is 3. The summed E-state index contributed by atoms with van der Waals surface area (Å²) < 4.78 is 0. The van der Waals surface area contributed by atoms with Gasteiger partial charge in [-0.25, -0.2) is 0 Å². The summed E-state index contributed by atoms with van der Waals surface area (Å²) in [6.45, 7) is 0.601. The molecule has 8 heteroatoms. The lowest BCUT2D eigenvalue weighted by atomic mass is 9.93. The fraction of sp³-hybridized carbons (Fsp3) is 0.478. The summed E-state index contributed by atoms with van der Waals surface area (Å²) in [5.41, 5.74) is 1.23. The Hall–Kier alpha value is -2.85. The fourth-order valence-corrected chi connectivity index (χ4v) is 4.38. The van der Waals surface area contributed by atoms with Crippen LogP contribution in [0.1, 0.15) is 49.0 Å². The Morgan fingerprint density at radius 2 is 2.03 bits per heavy atom. The molecule has 1 aliphatic heterocycles. The van der Waals surface area contributed by atoms with E-state index in [0.29, 0.717) is 42.4 Å². The Morgan fingerprint density at radius 1 is 1.23 bits per heavy atom. The number of fused-ring (bicyclic) bond motifs is 1. The number of rotatable bonds is 9. The predicted molar refractivity (Wildman–Crippen MR) is 116 cm³/mol. The van der Waals surface area contributed by atoms with Crippen molar-refractivity contribution in [2.45, 2.75) is 44.6 Å². The second-order valence-electron chi connectivity index (χ2n) is 8.62. The van der Waals surface area contributed by atoms with Gasteiger partial charge in [0.15, 0.2) is 5.78 Å². The third kappa shape index (κ3) is 5.26. The minimum atomic E-state index is -0.742. The van der Waals surface area contributed by atoms with Crippen LogP contribution in [0.5, 0.6) is 0 Å². The number of nitrogens with one attached hydrogen (secondary N) is 3. The summed E-state index contributed by atoms with van der Waals surface area (Å²) in [6, 6.07) is 8.50. The molecule has 1 saturated carbocycles. The molecular weight excluding hydrogens is 416 g/mol. The molecule has 0 unspecified atom stereocenters. The predicted octanol–water partition coefficient (Wildman–Crippen LogP) is 3.34. The number of nitrogens with zero attached hydrogens (tertiary/aromatic N) is 1. The SMILES string of the molecule is N#C[C@H](C[C@@H]1CCNC1=O)NC(=O)[C@@H](CC(=O)c1cc2ccc(Cl)cc2[nH]1)CC1CC1. The highest BCUT2D eigenvalue weighted by atomic mass is 35.5. The highest BCUT2D eigenvalue weighted by Crippen LogP contribution is 2.37. The van der Waals surface area contributed by atoms with E-state index in [0.717, 1.165) is 23.7 Å². The Labute approximate surface area is 185 Å². The van der Waals surface area contributed by atoms with Gasteiger partial charge >= 0.3 is 0 Å². The van der Waals surface area contributed by atoms with E-state index in [-0.39, 0.29) is 29.9 Å². The van der Waals surface area contributed by atoms with Gasteiger partial charge < -0.3 is 15.6 Å². The highest BCUT2D eigenvalue weighted by molar-refractivity contribution is 6.31. The van der Waals surface area contributed by atoms with Gasteiger partial charge in [-0.15, -0.1) is 0 Å². The molecular formula is C23H25ClN4O3. The quantitative estimate of drug-likeness (QED) is 0.518. The molecule has 2 fully saturated rings. The number of amides is 2. The minimum Gasteiger partial charge on any atom is -0.356 e. The van der Waals surface area contributed by atoms with Gasteiger partial charge in [0.2, 0.25) is 11.8 Å². The number of hydrogen-bond acceptors (Lipinski definition) is 4. The molecule has 2 heterocycles.